The fourth-order valence-electron chi connectivity index (χ4n) is 3.45. The zero-order chi connectivity index (χ0) is 22.3. The van der Waals surface area contributed by atoms with Gasteiger partial charge in [0.05, 0.1) is 16.4 Å². The zero-order valence-electron chi connectivity index (χ0n) is 17.6. The topological polar surface area (TPSA) is 71.5 Å². The second-order valence-electron chi connectivity index (χ2n) is 7.53. The van der Waals surface area contributed by atoms with Crippen LogP contribution in [0.1, 0.15) is 24.4 Å². The number of halogens is 1. The summed E-state index contributed by atoms with van der Waals surface area (Å²) in [6.07, 6.45) is -0.691. The summed E-state index contributed by atoms with van der Waals surface area (Å²) >= 11 is 7.73. The molecule has 1 N–H and O–H groups in total. The normalized spacial score (nSPS) is 16.5. The molecule has 2 unspecified atom stereocenters. The molecule has 1 aliphatic rings. The van der Waals surface area contributed by atoms with Crippen molar-refractivity contribution in [1.82, 2.24) is 4.98 Å². The average molecular weight is 456 g/mol. The summed E-state index contributed by atoms with van der Waals surface area (Å²) in [7, 11) is 0. The highest BCUT2D eigenvalue weighted by Gasteiger charge is 2.37. The SMILES string of the molecule is Cc1nc(-c2ccc3c(c2)N(C(C)C(=O)Nc2ccc(C)c(Cl)c2)C(=O)C(C)O3)cs1. The van der Waals surface area contributed by atoms with Crippen LogP contribution in [0.25, 0.3) is 11.3 Å². The van der Waals surface area contributed by atoms with Crippen LogP contribution in [-0.2, 0) is 9.59 Å². The first-order valence-electron chi connectivity index (χ1n) is 9.88. The number of aromatic nitrogens is 1. The highest BCUT2D eigenvalue weighted by Crippen LogP contribution is 2.39. The van der Waals surface area contributed by atoms with E-state index in [-0.39, 0.29) is 11.8 Å². The lowest BCUT2D eigenvalue weighted by molar-refractivity contribution is -0.128. The Morgan fingerprint density at radius 1 is 1.26 bits per heavy atom. The van der Waals surface area contributed by atoms with Gasteiger partial charge in [-0.25, -0.2) is 4.98 Å². The first-order valence-corrected chi connectivity index (χ1v) is 11.1. The summed E-state index contributed by atoms with van der Waals surface area (Å²) in [5.41, 5.74) is 3.73. The largest absolute Gasteiger partial charge is 0.479 e. The molecule has 0 radical (unpaired) electrons. The smallest absolute Gasteiger partial charge is 0.268 e. The van der Waals surface area contributed by atoms with Crippen LogP contribution >= 0.6 is 22.9 Å². The van der Waals surface area contributed by atoms with E-state index in [4.69, 9.17) is 16.3 Å². The molecule has 6 nitrogen and oxygen atoms in total. The summed E-state index contributed by atoms with van der Waals surface area (Å²) in [6.45, 7) is 7.21. The number of benzene rings is 2. The molecule has 160 valence electrons. The number of aryl methyl sites for hydroxylation is 2. The molecular weight excluding hydrogens is 434 g/mol. The third kappa shape index (κ3) is 4.16. The quantitative estimate of drug-likeness (QED) is 0.585. The van der Waals surface area contributed by atoms with Crippen LogP contribution < -0.4 is 15.0 Å². The first-order chi connectivity index (χ1) is 14.7. The van der Waals surface area contributed by atoms with Gasteiger partial charge in [0.25, 0.3) is 5.91 Å². The van der Waals surface area contributed by atoms with Gasteiger partial charge in [-0.15, -0.1) is 11.3 Å². The van der Waals surface area contributed by atoms with Crippen LogP contribution in [0.3, 0.4) is 0 Å². The monoisotopic (exact) mass is 455 g/mol. The molecule has 0 bridgehead atoms. The third-order valence-electron chi connectivity index (χ3n) is 5.23. The first kappa shape index (κ1) is 21.3. The molecule has 31 heavy (non-hydrogen) atoms. The van der Waals surface area contributed by atoms with Crippen LogP contribution in [0.4, 0.5) is 11.4 Å². The number of hydrogen-bond donors (Lipinski definition) is 1. The van der Waals surface area contributed by atoms with Crippen molar-refractivity contribution in [3.63, 3.8) is 0 Å². The second kappa shape index (κ2) is 8.32. The van der Waals surface area contributed by atoms with E-state index in [1.165, 1.54) is 4.90 Å². The molecule has 1 aromatic heterocycles. The van der Waals surface area contributed by atoms with Crippen molar-refractivity contribution in [2.75, 3.05) is 10.2 Å². The summed E-state index contributed by atoms with van der Waals surface area (Å²) in [4.78, 5) is 32.1. The Hall–Kier alpha value is -2.90. The molecule has 2 atom stereocenters. The number of nitrogens with one attached hydrogen (secondary N) is 1. The van der Waals surface area contributed by atoms with E-state index in [9.17, 15) is 9.59 Å². The average Bonchev–Trinajstić information content (AvgIpc) is 3.17. The fraction of sp³-hybridized carbons (Fsp3) is 0.261. The number of hydrogen-bond acceptors (Lipinski definition) is 5. The van der Waals surface area contributed by atoms with E-state index in [1.54, 1.807) is 37.3 Å². The molecule has 1 aliphatic heterocycles. The lowest BCUT2D eigenvalue weighted by Crippen LogP contribution is -2.52. The van der Waals surface area contributed by atoms with E-state index >= 15 is 0 Å². The molecule has 0 fully saturated rings. The molecular formula is C23H22ClN3O3S. The van der Waals surface area contributed by atoms with Gasteiger partial charge in [0, 0.05) is 21.7 Å². The minimum atomic E-state index is -0.759. The second-order valence-corrected chi connectivity index (χ2v) is 9.00. The molecule has 0 spiro atoms. The number of fused-ring (bicyclic) bond motifs is 1. The highest BCUT2D eigenvalue weighted by molar-refractivity contribution is 7.09. The molecule has 0 aliphatic carbocycles. The van der Waals surface area contributed by atoms with Crippen molar-refractivity contribution in [2.45, 2.75) is 39.8 Å². The number of nitrogens with zero attached hydrogens (tertiary/aromatic N) is 2. The molecule has 4 rings (SSSR count). The van der Waals surface area contributed by atoms with Crippen molar-refractivity contribution in [3.05, 3.63) is 57.4 Å². The van der Waals surface area contributed by atoms with Crippen LogP contribution in [0.2, 0.25) is 5.02 Å². The Labute approximate surface area is 189 Å². The minimum absolute atomic E-state index is 0.274. The predicted molar refractivity (Wildman–Crippen MR) is 124 cm³/mol. The molecule has 2 aromatic carbocycles. The van der Waals surface area contributed by atoms with Crippen molar-refractivity contribution < 1.29 is 14.3 Å². The summed E-state index contributed by atoms with van der Waals surface area (Å²) in [5.74, 6) is -0.0345. The lowest BCUT2D eigenvalue weighted by Gasteiger charge is -2.36. The van der Waals surface area contributed by atoms with Gasteiger partial charge >= 0.3 is 0 Å². The Balaban J connectivity index is 1.67. The van der Waals surface area contributed by atoms with Gasteiger partial charge in [0.1, 0.15) is 11.8 Å². The summed E-state index contributed by atoms with van der Waals surface area (Å²) in [5, 5.41) is 6.34. The van der Waals surface area contributed by atoms with E-state index in [0.29, 0.717) is 22.1 Å². The molecule has 2 heterocycles. The maximum Gasteiger partial charge on any atom is 0.268 e. The van der Waals surface area contributed by atoms with E-state index < -0.39 is 12.1 Å². The number of amides is 2. The van der Waals surface area contributed by atoms with E-state index in [1.807, 2.05) is 43.5 Å². The Kier molecular flexibility index (Phi) is 5.73. The van der Waals surface area contributed by atoms with Crippen LogP contribution in [0, 0.1) is 13.8 Å². The number of rotatable bonds is 4. The van der Waals surface area contributed by atoms with Gasteiger partial charge in [0.15, 0.2) is 6.10 Å². The Morgan fingerprint density at radius 3 is 2.71 bits per heavy atom. The van der Waals surface area contributed by atoms with Gasteiger partial charge in [-0.1, -0.05) is 17.7 Å². The molecule has 0 saturated carbocycles. The minimum Gasteiger partial charge on any atom is -0.479 e. The molecule has 0 saturated heterocycles. The number of ether oxygens (including phenoxy) is 1. The van der Waals surface area contributed by atoms with E-state index in [2.05, 4.69) is 10.3 Å². The highest BCUT2D eigenvalue weighted by atomic mass is 35.5. The van der Waals surface area contributed by atoms with Gasteiger partial charge in [-0.2, -0.15) is 0 Å². The number of anilines is 2. The van der Waals surface area contributed by atoms with Crippen molar-refractivity contribution in [3.8, 4) is 17.0 Å². The maximum absolute atomic E-state index is 13.0. The number of thiazole rings is 1. The van der Waals surface area contributed by atoms with Crippen LogP contribution in [0.15, 0.2) is 41.8 Å². The van der Waals surface area contributed by atoms with Crippen molar-refractivity contribution in [2.24, 2.45) is 0 Å². The number of carbonyl (C=O) groups excluding carboxylic acids is 2. The van der Waals surface area contributed by atoms with Crippen molar-refractivity contribution >= 4 is 46.1 Å². The Bertz CT molecular complexity index is 1180. The van der Waals surface area contributed by atoms with Gasteiger partial charge < -0.3 is 10.1 Å². The Morgan fingerprint density at radius 2 is 2.03 bits per heavy atom. The third-order valence-corrected chi connectivity index (χ3v) is 6.41. The summed E-state index contributed by atoms with van der Waals surface area (Å²) in [6, 6.07) is 10.1. The van der Waals surface area contributed by atoms with Crippen molar-refractivity contribution in [1.29, 1.82) is 0 Å². The van der Waals surface area contributed by atoms with Gasteiger partial charge in [-0.05, 0) is 63.6 Å². The van der Waals surface area contributed by atoms with Gasteiger partial charge in [0.2, 0.25) is 5.91 Å². The molecule has 2 amide bonds. The number of carbonyl (C=O) groups is 2. The fourth-order valence-corrected chi connectivity index (χ4v) is 4.25. The molecule has 3 aromatic rings. The van der Waals surface area contributed by atoms with Gasteiger partial charge in [-0.3, -0.25) is 14.5 Å². The zero-order valence-corrected chi connectivity index (χ0v) is 19.2. The van der Waals surface area contributed by atoms with Crippen LogP contribution in [-0.4, -0.2) is 28.9 Å². The predicted octanol–water partition coefficient (Wildman–Crippen LogP) is 5.22. The maximum atomic E-state index is 13.0. The molecule has 8 heteroatoms. The summed E-state index contributed by atoms with van der Waals surface area (Å²) < 4.78 is 5.79. The van der Waals surface area contributed by atoms with E-state index in [0.717, 1.165) is 21.8 Å². The standard InChI is InChI=1S/C23H22ClN3O3S/c1-12-5-7-17(10-18(12)24)26-22(28)13(2)27-20-9-16(19-11-31-15(4)25-19)6-8-21(20)30-14(3)23(27)29/h5-11,13-14H,1-4H3,(H,26,28). The van der Waals surface area contributed by atoms with Crippen LogP contribution in [0.5, 0.6) is 5.75 Å². The lowest BCUT2D eigenvalue weighted by atomic mass is 10.1.